The minimum Gasteiger partial charge on any atom is -0.317 e. The Morgan fingerprint density at radius 1 is 1.46 bits per heavy atom. The van der Waals surface area contributed by atoms with Gasteiger partial charge in [-0.05, 0) is 24.0 Å². The summed E-state index contributed by atoms with van der Waals surface area (Å²) in [5.74, 6) is 3.00. The second-order valence-electron chi connectivity index (χ2n) is 3.54. The van der Waals surface area contributed by atoms with Crippen LogP contribution in [0.5, 0.6) is 0 Å². The lowest BCUT2D eigenvalue weighted by Crippen LogP contribution is -2.24. The quantitative estimate of drug-likeness (QED) is 0.639. The topological polar surface area (TPSA) is 26.0 Å². The van der Waals surface area contributed by atoms with Crippen LogP contribution in [0.1, 0.15) is 23.5 Å². The second kappa shape index (κ2) is 3.24. The summed E-state index contributed by atoms with van der Waals surface area (Å²) in [6.07, 6.45) is 7.56. The van der Waals surface area contributed by atoms with Gasteiger partial charge in [-0.15, -0.1) is 6.42 Å². The number of rotatable bonds is 1. The normalized spacial score (nSPS) is 22.0. The monoisotopic (exact) mass is 171 g/mol. The molecular weight excluding hydrogens is 158 g/mol. The second-order valence-corrected chi connectivity index (χ2v) is 3.54. The Morgan fingerprint density at radius 3 is 3.00 bits per heavy atom. The van der Waals surface area contributed by atoms with Crippen molar-refractivity contribution in [3.05, 3.63) is 35.4 Å². The molecule has 1 aliphatic rings. The molecule has 0 aromatic heterocycles. The molecule has 1 aliphatic carbocycles. The van der Waals surface area contributed by atoms with Gasteiger partial charge in [0.15, 0.2) is 0 Å². The highest BCUT2D eigenvalue weighted by molar-refractivity contribution is 5.37. The predicted molar refractivity (Wildman–Crippen MR) is 54.3 cm³/mol. The van der Waals surface area contributed by atoms with Gasteiger partial charge in [-0.1, -0.05) is 30.2 Å². The number of hydrogen-bond acceptors (Lipinski definition) is 1. The van der Waals surface area contributed by atoms with E-state index < -0.39 is 0 Å². The highest BCUT2D eigenvalue weighted by Gasteiger charge is 2.25. The van der Waals surface area contributed by atoms with Gasteiger partial charge < -0.3 is 5.73 Å². The number of hydrogen-bond donors (Lipinski definition) is 1. The average molecular weight is 171 g/mol. The summed E-state index contributed by atoms with van der Waals surface area (Å²) in [6.45, 7) is 0. The average Bonchev–Trinajstić information content (AvgIpc) is 2.60. The summed E-state index contributed by atoms with van der Waals surface area (Å²) >= 11 is 0. The molecule has 66 valence electrons. The molecule has 1 aromatic carbocycles. The number of nitrogens with two attached hydrogens (primary N) is 1. The summed E-state index contributed by atoms with van der Waals surface area (Å²) in [5, 5.41) is 0. The van der Waals surface area contributed by atoms with Crippen LogP contribution in [0.3, 0.4) is 0 Å². The molecule has 0 radical (unpaired) electrons. The minimum atomic E-state index is -0.122. The van der Waals surface area contributed by atoms with E-state index in [0.717, 1.165) is 12.8 Å². The number of terminal acetylenes is 1. The van der Waals surface area contributed by atoms with Crippen LogP contribution in [-0.2, 0) is 6.42 Å². The zero-order valence-corrected chi connectivity index (χ0v) is 7.53. The molecule has 1 aromatic rings. The van der Waals surface area contributed by atoms with Crippen molar-refractivity contribution in [1.29, 1.82) is 0 Å². The Bertz CT molecular complexity index is 348. The van der Waals surface area contributed by atoms with Gasteiger partial charge >= 0.3 is 0 Å². The molecule has 1 nitrogen and oxygen atoms in total. The van der Waals surface area contributed by atoms with Crippen molar-refractivity contribution < 1.29 is 0 Å². The third-order valence-electron chi connectivity index (χ3n) is 2.81. The lowest BCUT2D eigenvalue weighted by Gasteiger charge is -2.14. The van der Waals surface area contributed by atoms with Crippen LogP contribution in [0.25, 0.3) is 0 Å². The Hall–Kier alpha value is -1.26. The van der Waals surface area contributed by atoms with Crippen LogP contribution < -0.4 is 5.73 Å². The summed E-state index contributed by atoms with van der Waals surface area (Å²) in [5.41, 5.74) is 8.63. The maximum absolute atomic E-state index is 5.86. The molecule has 0 saturated heterocycles. The molecule has 0 fully saturated rings. The fraction of sp³-hybridized carbons (Fsp3) is 0.333. The van der Waals surface area contributed by atoms with Crippen LogP contribution in [0, 0.1) is 12.3 Å². The largest absolute Gasteiger partial charge is 0.317 e. The maximum Gasteiger partial charge on any atom is 0.0731 e. The van der Waals surface area contributed by atoms with Crippen molar-refractivity contribution in [2.24, 2.45) is 5.73 Å². The lowest BCUT2D eigenvalue weighted by molar-refractivity contribution is 0.618. The van der Waals surface area contributed by atoms with Crippen molar-refractivity contribution in [3.8, 4) is 12.3 Å². The van der Waals surface area contributed by atoms with E-state index in [0.29, 0.717) is 5.92 Å². The SMILES string of the molecule is C#CC(N)C1CCc2ccccc21. The third kappa shape index (κ3) is 1.34. The highest BCUT2D eigenvalue weighted by atomic mass is 14.6. The van der Waals surface area contributed by atoms with Crippen molar-refractivity contribution >= 4 is 0 Å². The fourth-order valence-electron chi connectivity index (χ4n) is 2.08. The molecule has 2 unspecified atom stereocenters. The van der Waals surface area contributed by atoms with Gasteiger partial charge in [-0.2, -0.15) is 0 Å². The Balaban J connectivity index is 2.34. The van der Waals surface area contributed by atoms with Crippen LogP contribution in [-0.4, -0.2) is 6.04 Å². The van der Waals surface area contributed by atoms with Crippen LogP contribution in [0.4, 0.5) is 0 Å². The van der Waals surface area contributed by atoms with Crippen molar-refractivity contribution in [1.82, 2.24) is 0 Å². The first-order valence-corrected chi connectivity index (χ1v) is 4.62. The Labute approximate surface area is 79.0 Å². The van der Waals surface area contributed by atoms with E-state index >= 15 is 0 Å². The molecular formula is C12H13N. The van der Waals surface area contributed by atoms with Crippen LogP contribution in [0.2, 0.25) is 0 Å². The molecule has 0 saturated carbocycles. The summed E-state index contributed by atoms with van der Waals surface area (Å²) < 4.78 is 0. The Kier molecular flexibility index (Phi) is 2.08. The molecule has 0 amide bonds. The molecule has 2 N–H and O–H groups in total. The van der Waals surface area contributed by atoms with Gasteiger partial charge in [0.25, 0.3) is 0 Å². The maximum atomic E-state index is 5.86. The standard InChI is InChI=1S/C12H13N/c1-2-12(13)11-8-7-9-5-3-4-6-10(9)11/h1,3-6,11-12H,7-8,13H2. The van der Waals surface area contributed by atoms with Gasteiger partial charge in [-0.25, -0.2) is 0 Å². The molecule has 2 atom stereocenters. The van der Waals surface area contributed by atoms with E-state index in [1.54, 1.807) is 0 Å². The van der Waals surface area contributed by atoms with Gasteiger partial charge in [0.2, 0.25) is 0 Å². The number of aryl methyl sites for hydroxylation is 1. The first-order valence-electron chi connectivity index (χ1n) is 4.62. The van der Waals surface area contributed by atoms with Crippen molar-refractivity contribution in [2.75, 3.05) is 0 Å². The third-order valence-corrected chi connectivity index (χ3v) is 2.81. The van der Waals surface area contributed by atoms with Gasteiger partial charge in [0, 0.05) is 5.92 Å². The number of benzene rings is 1. The zero-order chi connectivity index (χ0) is 9.26. The van der Waals surface area contributed by atoms with Crippen LogP contribution in [0.15, 0.2) is 24.3 Å². The summed E-state index contributed by atoms with van der Waals surface area (Å²) in [6, 6.07) is 8.31. The van der Waals surface area contributed by atoms with Crippen molar-refractivity contribution in [3.63, 3.8) is 0 Å². The van der Waals surface area contributed by atoms with Gasteiger partial charge in [0.05, 0.1) is 6.04 Å². The number of fused-ring (bicyclic) bond motifs is 1. The minimum absolute atomic E-state index is 0.122. The van der Waals surface area contributed by atoms with Gasteiger partial charge in [0.1, 0.15) is 0 Å². The first kappa shape index (κ1) is 8.34. The molecule has 0 bridgehead atoms. The highest BCUT2D eigenvalue weighted by Crippen LogP contribution is 2.34. The van der Waals surface area contributed by atoms with E-state index in [2.05, 4.69) is 30.2 Å². The molecule has 13 heavy (non-hydrogen) atoms. The van der Waals surface area contributed by atoms with E-state index in [1.165, 1.54) is 11.1 Å². The van der Waals surface area contributed by atoms with E-state index in [4.69, 9.17) is 12.2 Å². The van der Waals surface area contributed by atoms with E-state index in [1.807, 2.05) is 0 Å². The van der Waals surface area contributed by atoms with E-state index in [-0.39, 0.29) is 6.04 Å². The fourth-order valence-corrected chi connectivity index (χ4v) is 2.08. The van der Waals surface area contributed by atoms with Crippen LogP contribution >= 0.6 is 0 Å². The summed E-state index contributed by atoms with van der Waals surface area (Å²) in [7, 11) is 0. The molecule has 0 aliphatic heterocycles. The van der Waals surface area contributed by atoms with Crippen molar-refractivity contribution in [2.45, 2.75) is 24.8 Å². The predicted octanol–water partition coefficient (Wildman–Crippen LogP) is 1.68. The van der Waals surface area contributed by atoms with E-state index in [9.17, 15) is 0 Å². The molecule has 1 heteroatoms. The summed E-state index contributed by atoms with van der Waals surface area (Å²) in [4.78, 5) is 0. The lowest BCUT2D eigenvalue weighted by atomic mass is 9.94. The zero-order valence-electron chi connectivity index (χ0n) is 7.53. The first-order chi connectivity index (χ1) is 6.33. The molecule has 0 heterocycles. The molecule has 0 spiro atoms. The molecule has 2 rings (SSSR count). The van der Waals surface area contributed by atoms with Gasteiger partial charge in [-0.3, -0.25) is 0 Å². The smallest absolute Gasteiger partial charge is 0.0731 e. The Morgan fingerprint density at radius 2 is 2.23 bits per heavy atom.